The number of hydrogen-bond acceptors (Lipinski definition) is 3. The number of alkyl halides is 2. The van der Waals surface area contributed by atoms with Gasteiger partial charge in [0, 0.05) is 44.7 Å². The lowest BCUT2D eigenvalue weighted by atomic mass is 10.1. The lowest BCUT2D eigenvalue weighted by molar-refractivity contribution is -0.0494. The molecule has 1 saturated heterocycles. The molecule has 4 rings (SSSR count). The second-order valence-corrected chi connectivity index (χ2v) is 7.10. The van der Waals surface area contributed by atoms with E-state index in [2.05, 4.69) is 9.97 Å². The van der Waals surface area contributed by atoms with Crippen molar-refractivity contribution in [1.29, 1.82) is 0 Å². The van der Waals surface area contributed by atoms with Gasteiger partial charge in [0.25, 0.3) is 11.8 Å². The summed E-state index contributed by atoms with van der Waals surface area (Å²) in [7, 11) is 1.83. The van der Waals surface area contributed by atoms with Gasteiger partial charge in [-0.2, -0.15) is 0 Å². The minimum absolute atomic E-state index is 0.0387. The Morgan fingerprint density at radius 2 is 1.93 bits per heavy atom. The first-order chi connectivity index (χ1) is 12.9. The molecule has 0 aliphatic carbocycles. The Morgan fingerprint density at radius 3 is 2.63 bits per heavy atom. The van der Waals surface area contributed by atoms with Crippen LogP contribution in [0, 0.1) is 0 Å². The van der Waals surface area contributed by atoms with Crippen LogP contribution in [0.15, 0.2) is 36.5 Å². The first kappa shape index (κ1) is 17.9. The number of carbonyl (C=O) groups excluding carboxylic acids is 1. The number of piperidine rings is 1. The van der Waals surface area contributed by atoms with E-state index in [1.807, 2.05) is 29.8 Å². The smallest absolute Gasteiger partial charge is 0.255 e. The van der Waals surface area contributed by atoms with Gasteiger partial charge in [-0.15, -0.1) is 0 Å². The first-order valence-corrected chi connectivity index (χ1v) is 8.98. The maximum atomic E-state index is 13.3. The van der Waals surface area contributed by atoms with E-state index < -0.39 is 5.92 Å². The molecule has 1 fully saturated rings. The highest BCUT2D eigenvalue weighted by atomic mass is 35.5. The SMILES string of the molecule is Cn1c(-c2ccccc2Cl)nc2cc(C(=O)N3CCC(F)(F)CC3)cnc21. The van der Waals surface area contributed by atoms with Crippen molar-refractivity contribution in [3.05, 3.63) is 47.1 Å². The lowest BCUT2D eigenvalue weighted by Crippen LogP contribution is -2.42. The van der Waals surface area contributed by atoms with Crippen LogP contribution in [0.2, 0.25) is 5.02 Å². The van der Waals surface area contributed by atoms with Gasteiger partial charge in [-0.05, 0) is 18.2 Å². The average molecular weight is 391 g/mol. The summed E-state index contributed by atoms with van der Waals surface area (Å²) in [4.78, 5) is 23.0. The van der Waals surface area contributed by atoms with Crippen LogP contribution in [0.4, 0.5) is 8.78 Å². The molecule has 0 unspecified atom stereocenters. The summed E-state index contributed by atoms with van der Waals surface area (Å²) in [5.74, 6) is -2.35. The standard InChI is InChI=1S/C19H17ClF2N4O/c1-25-16(13-4-2-3-5-14(13)20)24-15-10-12(11-23-17(15)25)18(27)26-8-6-19(21,22)7-9-26/h2-5,10-11H,6-9H2,1H3. The van der Waals surface area contributed by atoms with Crippen molar-refractivity contribution in [2.24, 2.45) is 7.05 Å². The molecule has 1 aliphatic rings. The number of aryl methyl sites for hydroxylation is 1. The van der Waals surface area contributed by atoms with Crippen LogP contribution in [0.25, 0.3) is 22.6 Å². The Hall–Kier alpha value is -2.54. The predicted octanol–water partition coefficient (Wildman–Crippen LogP) is 4.16. The first-order valence-electron chi connectivity index (χ1n) is 8.60. The van der Waals surface area contributed by atoms with Crippen LogP contribution in [0.1, 0.15) is 23.2 Å². The fraction of sp³-hybridized carbons (Fsp3) is 0.316. The highest BCUT2D eigenvalue weighted by Crippen LogP contribution is 2.30. The number of benzene rings is 1. The van der Waals surface area contributed by atoms with E-state index in [9.17, 15) is 13.6 Å². The third kappa shape index (κ3) is 3.27. The van der Waals surface area contributed by atoms with Gasteiger partial charge in [0.05, 0.1) is 10.6 Å². The summed E-state index contributed by atoms with van der Waals surface area (Å²) < 4.78 is 28.4. The lowest BCUT2D eigenvalue weighted by Gasteiger charge is -2.31. The van der Waals surface area contributed by atoms with Gasteiger partial charge in [-0.1, -0.05) is 23.7 Å². The zero-order valence-electron chi connectivity index (χ0n) is 14.6. The number of fused-ring (bicyclic) bond motifs is 1. The third-order valence-corrected chi connectivity index (χ3v) is 5.18. The molecule has 5 nitrogen and oxygen atoms in total. The molecular formula is C19H17ClF2N4O. The van der Waals surface area contributed by atoms with Crippen molar-refractivity contribution in [3.63, 3.8) is 0 Å². The van der Waals surface area contributed by atoms with Crippen LogP contribution in [-0.4, -0.2) is 44.4 Å². The monoisotopic (exact) mass is 390 g/mol. The topological polar surface area (TPSA) is 51.0 Å². The van der Waals surface area contributed by atoms with Gasteiger partial charge >= 0.3 is 0 Å². The zero-order valence-corrected chi connectivity index (χ0v) is 15.4. The van der Waals surface area contributed by atoms with Gasteiger partial charge in [0.1, 0.15) is 11.3 Å². The molecule has 0 radical (unpaired) electrons. The van der Waals surface area contributed by atoms with E-state index in [0.29, 0.717) is 27.6 Å². The molecular weight excluding hydrogens is 374 g/mol. The number of imidazole rings is 1. The predicted molar refractivity (Wildman–Crippen MR) is 99.0 cm³/mol. The van der Waals surface area contributed by atoms with E-state index >= 15 is 0 Å². The second kappa shape index (κ2) is 6.56. The van der Waals surface area contributed by atoms with E-state index in [-0.39, 0.29) is 31.8 Å². The summed E-state index contributed by atoms with van der Waals surface area (Å²) in [6.45, 7) is 0.0773. The molecule has 1 aliphatic heterocycles. The maximum absolute atomic E-state index is 13.3. The van der Waals surface area contributed by atoms with Crippen molar-refractivity contribution < 1.29 is 13.6 Å². The van der Waals surface area contributed by atoms with Crippen LogP contribution in [0.3, 0.4) is 0 Å². The molecule has 2 aromatic heterocycles. The number of likely N-dealkylation sites (tertiary alicyclic amines) is 1. The van der Waals surface area contributed by atoms with Crippen LogP contribution in [0.5, 0.6) is 0 Å². The fourth-order valence-electron chi connectivity index (χ4n) is 3.30. The Labute approximate surface area is 159 Å². The molecule has 0 spiro atoms. The summed E-state index contributed by atoms with van der Waals surface area (Å²) >= 11 is 6.27. The Balaban J connectivity index is 1.67. The second-order valence-electron chi connectivity index (χ2n) is 6.69. The molecule has 0 saturated carbocycles. The molecule has 0 atom stereocenters. The van der Waals surface area contributed by atoms with Gasteiger partial charge in [-0.3, -0.25) is 4.79 Å². The Bertz CT molecular complexity index is 1020. The number of hydrogen-bond donors (Lipinski definition) is 0. The molecule has 1 aromatic carbocycles. The van der Waals surface area contributed by atoms with E-state index in [4.69, 9.17) is 11.6 Å². The van der Waals surface area contributed by atoms with Crippen molar-refractivity contribution in [2.45, 2.75) is 18.8 Å². The molecule has 1 amide bonds. The molecule has 3 aromatic rings. The summed E-state index contributed by atoms with van der Waals surface area (Å²) in [5.41, 5.74) is 2.29. The fourth-order valence-corrected chi connectivity index (χ4v) is 3.52. The minimum Gasteiger partial charge on any atom is -0.338 e. The third-order valence-electron chi connectivity index (χ3n) is 4.85. The van der Waals surface area contributed by atoms with Crippen LogP contribution < -0.4 is 0 Å². The van der Waals surface area contributed by atoms with Gasteiger partial charge in [0.15, 0.2) is 5.65 Å². The highest BCUT2D eigenvalue weighted by molar-refractivity contribution is 6.33. The molecule has 140 valence electrons. The van der Waals surface area contributed by atoms with Crippen molar-refractivity contribution in [1.82, 2.24) is 19.4 Å². The Kier molecular flexibility index (Phi) is 4.34. The van der Waals surface area contributed by atoms with E-state index in [0.717, 1.165) is 5.56 Å². The number of pyridine rings is 1. The van der Waals surface area contributed by atoms with E-state index in [1.165, 1.54) is 11.1 Å². The maximum Gasteiger partial charge on any atom is 0.255 e. The van der Waals surface area contributed by atoms with Crippen LogP contribution in [-0.2, 0) is 7.05 Å². The molecule has 0 N–H and O–H groups in total. The number of rotatable bonds is 2. The minimum atomic E-state index is -2.69. The zero-order chi connectivity index (χ0) is 19.2. The van der Waals surface area contributed by atoms with Crippen molar-refractivity contribution in [3.8, 4) is 11.4 Å². The van der Waals surface area contributed by atoms with Crippen molar-refractivity contribution in [2.75, 3.05) is 13.1 Å². The summed E-state index contributed by atoms with van der Waals surface area (Å²) in [6.07, 6.45) is 0.846. The van der Waals surface area contributed by atoms with Crippen molar-refractivity contribution >= 4 is 28.7 Å². The Morgan fingerprint density at radius 1 is 1.22 bits per heavy atom. The number of carbonyl (C=O) groups is 1. The van der Waals surface area contributed by atoms with Gasteiger partial charge < -0.3 is 9.47 Å². The largest absolute Gasteiger partial charge is 0.338 e. The molecule has 8 heteroatoms. The normalized spacial score (nSPS) is 16.7. The van der Waals surface area contributed by atoms with E-state index in [1.54, 1.807) is 12.1 Å². The number of halogens is 3. The number of nitrogens with zero attached hydrogens (tertiary/aromatic N) is 4. The van der Waals surface area contributed by atoms with Crippen LogP contribution >= 0.6 is 11.6 Å². The van der Waals surface area contributed by atoms with Gasteiger partial charge in [-0.25, -0.2) is 18.7 Å². The molecule has 3 heterocycles. The summed E-state index contributed by atoms with van der Waals surface area (Å²) in [6, 6.07) is 9.01. The molecule has 0 bridgehead atoms. The van der Waals surface area contributed by atoms with Gasteiger partial charge in [0.2, 0.25) is 0 Å². The molecule has 27 heavy (non-hydrogen) atoms. The number of aromatic nitrogens is 3. The average Bonchev–Trinajstić information content (AvgIpc) is 2.97. The summed E-state index contributed by atoms with van der Waals surface area (Å²) in [5, 5.41) is 0.571. The quantitative estimate of drug-likeness (QED) is 0.660. The number of amides is 1. The highest BCUT2D eigenvalue weighted by Gasteiger charge is 2.35.